The van der Waals surface area contributed by atoms with Crippen LogP contribution in [0.5, 0.6) is 0 Å². The molecule has 0 aliphatic heterocycles. The van der Waals surface area contributed by atoms with Gasteiger partial charge in [0, 0.05) is 0 Å². The van der Waals surface area contributed by atoms with Crippen LogP contribution in [0.2, 0.25) is 0 Å². The van der Waals surface area contributed by atoms with E-state index >= 15 is 0 Å². The van der Waals surface area contributed by atoms with Crippen molar-refractivity contribution in [3.8, 4) is 0 Å². The minimum absolute atomic E-state index is 0.0361. The zero-order valence-electron chi connectivity index (χ0n) is 12.7. The lowest BCUT2D eigenvalue weighted by molar-refractivity contribution is -0.0731. The molecule has 3 rings (SSSR count). The summed E-state index contributed by atoms with van der Waals surface area (Å²) >= 11 is 0. The molecule has 0 amide bonds. The fourth-order valence-corrected chi connectivity index (χ4v) is 4.91. The molecule has 1 N–H and O–H groups in total. The van der Waals surface area contributed by atoms with Crippen molar-refractivity contribution >= 4 is 0 Å². The lowest BCUT2D eigenvalue weighted by Gasteiger charge is -2.56. The molecular formula is C18H26O. The van der Waals surface area contributed by atoms with E-state index in [0.717, 1.165) is 12.8 Å². The lowest BCUT2D eigenvalue weighted by atomic mass is 9.49. The Labute approximate surface area is 117 Å². The van der Waals surface area contributed by atoms with E-state index in [-0.39, 0.29) is 16.9 Å². The zero-order valence-corrected chi connectivity index (χ0v) is 12.7. The summed E-state index contributed by atoms with van der Waals surface area (Å²) in [5, 5.41) is 10.4. The van der Waals surface area contributed by atoms with E-state index in [1.165, 1.54) is 18.4 Å². The normalized spacial score (nSPS) is 36.5. The van der Waals surface area contributed by atoms with Crippen molar-refractivity contribution in [1.82, 2.24) is 0 Å². The molecule has 2 aliphatic rings. The number of hydrogen-bond acceptors (Lipinski definition) is 1. The third-order valence-electron chi connectivity index (χ3n) is 6.17. The van der Waals surface area contributed by atoms with Gasteiger partial charge in [0.05, 0.1) is 6.10 Å². The van der Waals surface area contributed by atoms with Gasteiger partial charge in [0.15, 0.2) is 0 Å². The summed E-state index contributed by atoms with van der Waals surface area (Å²) in [4.78, 5) is 0. The standard InChI is InChI=1S/C18H26O/c1-12-6-5-7-14-13(12)8-9-15-17(2,3)16(19)10-11-18(14,15)4/h5-7,15-16,19H,8-11H2,1-4H3/t15?,16-,18+/m0/s1. The molecule has 104 valence electrons. The van der Waals surface area contributed by atoms with Crippen molar-refractivity contribution in [2.24, 2.45) is 11.3 Å². The monoisotopic (exact) mass is 258 g/mol. The first-order chi connectivity index (χ1) is 8.87. The largest absolute Gasteiger partial charge is 0.393 e. The van der Waals surface area contributed by atoms with Crippen molar-refractivity contribution in [3.05, 3.63) is 34.9 Å². The predicted molar refractivity (Wildman–Crippen MR) is 79.4 cm³/mol. The molecule has 1 nitrogen and oxygen atoms in total. The van der Waals surface area contributed by atoms with Gasteiger partial charge >= 0.3 is 0 Å². The van der Waals surface area contributed by atoms with Crippen molar-refractivity contribution < 1.29 is 5.11 Å². The highest BCUT2D eigenvalue weighted by atomic mass is 16.3. The average molecular weight is 258 g/mol. The first-order valence-electron chi connectivity index (χ1n) is 7.64. The molecular weight excluding hydrogens is 232 g/mol. The van der Waals surface area contributed by atoms with E-state index in [9.17, 15) is 5.11 Å². The van der Waals surface area contributed by atoms with Gasteiger partial charge in [-0.1, -0.05) is 39.0 Å². The lowest BCUT2D eigenvalue weighted by Crippen LogP contribution is -2.53. The van der Waals surface area contributed by atoms with Crippen LogP contribution in [0.15, 0.2) is 18.2 Å². The second-order valence-corrected chi connectivity index (χ2v) is 7.49. The van der Waals surface area contributed by atoms with E-state index in [0.29, 0.717) is 5.92 Å². The average Bonchev–Trinajstić information content (AvgIpc) is 2.36. The van der Waals surface area contributed by atoms with Crippen LogP contribution in [0.3, 0.4) is 0 Å². The summed E-state index contributed by atoms with van der Waals surface area (Å²) in [7, 11) is 0. The van der Waals surface area contributed by atoms with Crippen LogP contribution in [0.25, 0.3) is 0 Å². The van der Waals surface area contributed by atoms with Crippen LogP contribution in [0, 0.1) is 18.3 Å². The molecule has 0 saturated heterocycles. The van der Waals surface area contributed by atoms with E-state index in [1.807, 2.05) is 0 Å². The minimum atomic E-state index is -0.142. The van der Waals surface area contributed by atoms with Gasteiger partial charge in [-0.2, -0.15) is 0 Å². The summed E-state index contributed by atoms with van der Waals surface area (Å²) in [6, 6.07) is 6.79. The molecule has 3 atom stereocenters. The maximum atomic E-state index is 10.4. The molecule has 1 saturated carbocycles. The van der Waals surface area contributed by atoms with Crippen molar-refractivity contribution in [2.75, 3.05) is 0 Å². The maximum Gasteiger partial charge on any atom is 0.0594 e. The Hall–Kier alpha value is -0.820. The molecule has 19 heavy (non-hydrogen) atoms. The molecule has 1 unspecified atom stereocenters. The highest BCUT2D eigenvalue weighted by molar-refractivity contribution is 5.43. The van der Waals surface area contributed by atoms with Crippen LogP contribution in [0.4, 0.5) is 0 Å². The number of fused-ring (bicyclic) bond motifs is 3. The topological polar surface area (TPSA) is 20.2 Å². The molecule has 1 aromatic carbocycles. The highest BCUT2D eigenvalue weighted by Gasteiger charge is 2.53. The van der Waals surface area contributed by atoms with Gasteiger partial charge < -0.3 is 5.11 Å². The van der Waals surface area contributed by atoms with Gasteiger partial charge in [-0.25, -0.2) is 0 Å². The third kappa shape index (κ3) is 1.71. The fraction of sp³-hybridized carbons (Fsp3) is 0.667. The minimum Gasteiger partial charge on any atom is -0.393 e. The zero-order chi connectivity index (χ0) is 13.8. The summed E-state index contributed by atoms with van der Waals surface area (Å²) in [6.07, 6.45) is 4.32. The van der Waals surface area contributed by atoms with Gasteiger partial charge in [-0.05, 0) is 66.0 Å². The van der Waals surface area contributed by atoms with E-state index in [2.05, 4.69) is 45.9 Å². The second kappa shape index (κ2) is 4.09. The van der Waals surface area contributed by atoms with Gasteiger partial charge in [-0.15, -0.1) is 0 Å². The van der Waals surface area contributed by atoms with Gasteiger partial charge in [0.2, 0.25) is 0 Å². The fourth-order valence-electron chi connectivity index (χ4n) is 4.91. The van der Waals surface area contributed by atoms with Gasteiger partial charge in [0.1, 0.15) is 0 Å². The molecule has 0 aromatic heterocycles. The number of aliphatic hydroxyl groups excluding tert-OH is 1. The molecule has 1 aromatic rings. The molecule has 0 spiro atoms. The third-order valence-corrected chi connectivity index (χ3v) is 6.17. The number of hydrogen-bond donors (Lipinski definition) is 1. The molecule has 2 aliphatic carbocycles. The summed E-state index contributed by atoms with van der Waals surface area (Å²) in [5.74, 6) is 0.595. The number of aryl methyl sites for hydroxylation is 1. The Kier molecular flexibility index (Phi) is 2.83. The van der Waals surface area contributed by atoms with Crippen LogP contribution in [0.1, 0.15) is 56.7 Å². The number of rotatable bonds is 0. The van der Waals surface area contributed by atoms with Crippen molar-refractivity contribution in [3.63, 3.8) is 0 Å². The first kappa shape index (κ1) is 13.2. The summed E-state index contributed by atoms with van der Waals surface area (Å²) < 4.78 is 0. The Morgan fingerprint density at radius 3 is 2.63 bits per heavy atom. The smallest absolute Gasteiger partial charge is 0.0594 e. The Morgan fingerprint density at radius 2 is 1.89 bits per heavy atom. The molecule has 0 heterocycles. The maximum absolute atomic E-state index is 10.4. The van der Waals surface area contributed by atoms with E-state index in [4.69, 9.17) is 0 Å². The first-order valence-corrected chi connectivity index (χ1v) is 7.64. The van der Waals surface area contributed by atoms with Crippen LogP contribution < -0.4 is 0 Å². The quantitative estimate of drug-likeness (QED) is 0.746. The van der Waals surface area contributed by atoms with Crippen molar-refractivity contribution in [2.45, 2.75) is 64.9 Å². The predicted octanol–water partition coefficient (Wildman–Crippen LogP) is 4.00. The number of benzene rings is 1. The SMILES string of the molecule is Cc1cccc2c1CCC1C(C)(C)[C@@H](O)CC[C@]21C. The Morgan fingerprint density at radius 1 is 1.16 bits per heavy atom. The Balaban J connectivity index is 2.13. The molecule has 1 heteroatoms. The summed E-state index contributed by atoms with van der Waals surface area (Å²) in [6.45, 7) is 9.20. The number of aliphatic hydroxyl groups is 1. The van der Waals surface area contributed by atoms with E-state index in [1.54, 1.807) is 11.1 Å². The van der Waals surface area contributed by atoms with Gasteiger partial charge in [0.25, 0.3) is 0 Å². The summed E-state index contributed by atoms with van der Waals surface area (Å²) in [5.41, 5.74) is 4.87. The van der Waals surface area contributed by atoms with E-state index < -0.39 is 0 Å². The Bertz CT molecular complexity index is 502. The second-order valence-electron chi connectivity index (χ2n) is 7.49. The van der Waals surface area contributed by atoms with Crippen LogP contribution >= 0.6 is 0 Å². The molecule has 0 radical (unpaired) electrons. The van der Waals surface area contributed by atoms with Crippen LogP contribution in [-0.2, 0) is 11.8 Å². The molecule has 1 fully saturated rings. The van der Waals surface area contributed by atoms with Crippen molar-refractivity contribution in [1.29, 1.82) is 0 Å². The molecule has 0 bridgehead atoms. The van der Waals surface area contributed by atoms with Crippen LogP contribution in [-0.4, -0.2) is 11.2 Å². The van der Waals surface area contributed by atoms with Gasteiger partial charge in [-0.3, -0.25) is 0 Å². The highest BCUT2D eigenvalue weighted by Crippen LogP contribution is 2.57.